The first-order valence-corrected chi connectivity index (χ1v) is 8.63. The first-order chi connectivity index (χ1) is 12.3. The van der Waals surface area contributed by atoms with Crippen molar-refractivity contribution in [3.8, 4) is 11.5 Å². The summed E-state index contributed by atoms with van der Waals surface area (Å²) in [7, 11) is 1.67. The number of nitrogens with one attached hydrogen (secondary N) is 1. The molecule has 0 saturated carbocycles. The molecule has 6 nitrogen and oxygen atoms in total. The van der Waals surface area contributed by atoms with E-state index < -0.39 is 0 Å². The Balaban J connectivity index is 1.33. The average molecular weight is 338 g/mol. The molecule has 0 atom stereocenters. The molecular formula is C19H22N4O2. The number of hydrogen-bond donors (Lipinski definition) is 1. The van der Waals surface area contributed by atoms with Gasteiger partial charge in [-0.3, -0.25) is 0 Å². The second kappa shape index (κ2) is 7.01. The summed E-state index contributed by atoms with van der Waals surface area (Å²) < 4.78 is 11.1. The standard InChI is InChI=1S/C19H22N4O2/c1-24-15-2-4-16(5-3-15)25-12-14-7-10-23(11-8-14)19-18-17(6-9-20-18)21-13-22-19/h2-6,9,13-14,20H,7-8,10-12H2,1H3. The zero-order valence-corrected chi connectivity index (χ0v) is 14.3. The minimum atomic E-state index is 0.569. The number of piperidine rings is 1. The molecule has 4 rings (SSSR count). The zero-order chi connectivity index (χ0) is 17.1. The van der Waals surface area contributed by atoms with Crippen LogP contribution >= 0.6 is 0 Å². The topological polar surface area (TPSA) is 63.3 Å². The number of rotatable bonds is 5. The minimum absolute atomic E-state index is 0.569. The lowest BCUT2D eigenvalue weighted by Crippen LogP contribution is -2.36. The van der Waals surface area contributed by atoms with Crippen LogP contribution in [-0.4, -0.2) is 41.8 Å². The molecule has 1 aliphatic rings. The molecule has 3 heterocycles. The molecule has 1 N–H and O–H groups in total. The van der Waals surface area contributed by atoms with Crippen LogP contribution < -0.4 is 14.4 Å². The number of benzene rings is 1. The number of methoxy groups -OCH3 is 1. The van der Waals surface area contributed by atoms with Crippen molar-refractivity contribution in [1.82, 2.24) is 15.0 Å². The minimum Gasteiger partial charge on any atom is -0.497 e. The van der Waals surface area contributed by atoms with Crippen molar-refractivity contribution >= 4 is 16.9 Å². The Morgan fingerprint density at radius 2 is 1.84 bits per heavy atom. The van der Waals surface area contributed by atoms with Gasteiger partial charge in [-0.15, -0.1) is 0 Å². The molecular weight excluding hydrogens is 316 g/mol. The van der Waals surface area contributed by atoms with Crippen molar-refractivity contribution in [3.05, 3.63) is 42.9 Å². The predicted molar refractivity (Wildman–Crippen MR) is 97.3 cm³/mol. The number of nitrogens with zero attached hydrogens (tertiary/aromatic N) is 3. The molecule has 2 aromatic heterocycles. The highest BCUT2D eigenvalue weighted by Gasteiger charge is 2.22. The summed E-state index contributed by atoms with van der Waals surface area (Å²) in [5, 5.41) is 0. The van der Waals surface area contributed by atoms with Crippen molar-refractivity contribution in [2.24, 2.45) is 5.92 Å². The Kier molecular flexibility index (Phi) is 4.41. The average Bonchev–Trinajstić information content (AvgIpc) is 3.16. The summed E-state index contributed by atoms with van der Waals surface area (Å²) in [6, 6.07) is 9.74. The number of aromatic nitrogens is 3. The number of hydrogen-bond acceptors (Lipinski definition) is 5. The third-order valence-electron chi connectivity index (χ3n) is 4.78. The van der Waals surface area contributed by atoms with E-state index in [2.05, 4.69) is 19.9 Å². The molecule has 1 aliphatic heterocycles. The van der Waals surface area contributed by atoms with Gasteiger partial charge in [0.05, 0.1) is 19.2 Å². The third-order valence-corrected chi connectivity index (χ3v) is 4.78. The zero-order valence-electron chi connectivity index (χ0n) is 14.3. The smallest absolute Gasteiger partial charge is 0.156 e. The highest BCUT2D eigenvalue weighted by atomic mass is 16.5. The molecule has 1 aromatic carbocycles. The van der Waals surface area contributed by atoms with Gasteiger partial charge < -0.3 is 19.4 Å². The van der Waals surface area contributed by atoms with Crippen molar-refractivity contribution in [2.45, 2.75) is 12.8 Å². The number of H-pyrrole nitrogens is 1. The fourth-order valence-corrected chi connectivity index (χ4v) is 3.30. The van der Waals surface area contributed by atoms with Crippen molar-refractivity contribution < 1.29 is 9.47 Å². The van der Waals surface area contributed by atoms with E-state index in [0.717, 1.165) is 60.9 Å². The van der Waals surface area contributed by atoms with Crippen molar-refractivity contribution in [1.29, 1.82) is 0 Å². The molecule has 0 aliphatic carbocycles. The van der Waals surface area contributed by atoms with E-state index in [4.69, 9.17) is 9.47 Å². The van der Waals surface area contributed by atoms with Gasteiger partial charge in [-0.25, -0.2) is 9.97 Å². The summed E-state index contributed by atoms with van der Waals surface area (Å²) in [4.78, 5) is 14.4. The van der Waals surface area contributed by atoms with Gasteiger partial charge in [-0.05, 0) is 49.1 Å². The van der Waals surface area contributed by atoms with Gasteiger partial charge in [0.25, 0.3) is 0 Å². The Hall–Kier alpha value is -2.76. The molecule has 130 valence electrons. The largest absolute Gasteiger partial charge is 0.497 e. The van der Waals surface area contributed by atoms with Crippen molar-refractivity contribution in [2.75, 3.05) is 31.7 Å². The van der Waals surface area contributed by atoms with Crippen LogP contribution in [0.5, 0.6) is 11.5 Å². The van der Waals surface area contributed by atoms with Crippen LogP contribution in [0.1, 0.15) is 12.8 Å². The maximum Gasteiger partial charge on any atom is 0.156 e. The first kappa shape index (κ1) is 15.7. The first-order valence-electron chi connectivity index (χ1n) is 8.63. The molecule has 0 unspecified atom stereocenters. The van der Waals surface area contributed by atoms with Gasteiger partial charge in [-0.1, -0.05) is 0 Å². The van der Waals surface area contributed by atoms with Crippen LogP contribution in [0.3, 0.4) is 0 Å². The second-order valence-corrected chi connectivity index (χ2v) is 6.35. The number of aromatic amines is 1. The van der Waals surface area contributed by atoms with E-state index >= 15 is 0 Å². The van der Waals surface area contributed by atoms with Gasteiger partial charge in [0.15, 0.2) is 5.82 Å². The Morgan fingerprint density at radius 3 is 2.60 bits per heavy atom. The highest BCUT2D eigenvalue weighted by molar-refractivity contribution is 5.85. The molecule has 0 spiro atoms. The quantitative estimate of drug-likeness (QED) is 0.773. The number of ether oxygens (including phenoxy) is 2. The van der Waals surface area contributed by atoms with Crippen LogP contribution in [-0.2, 0) is 0 Å². The van der Waals surface area contributed by atoms with Crippen LogP contribution in [0.25, 0.3) is 11.0 Å². The summed E-state index contributed by atoms with van der Waals surface area (Å²) in [5.41, 5.74) is 1.99. The predicted octanol–water partition coefficient (Wildman–Crippen LogP) is 3.26. The molecule has 0 bridgehead atoms. The monoisotopic (exact) mass is 338 g/mol. The Bertz CT molecular complexity index is 823. The lowest BCUT2D eigenvalue weighted by molar-refractivity contribution is 0.222. The fraction of sp³-hybridized carbons (Fsp3) is 0.368. The van der Waals surface area contributed by atoms with Crippen LogP contribution in [0.2, 0.25) is 0 Å². The summed E-state index contributed by atoms with van der Waals surface area (Å²) in [6.45, 7) is 2.73. The van der Waals surface area contributed by atoms with E-state index in [1.165, 1.54) is 0 Å². The van der Waals surface area contributed by atoms with Crippen LogP contribution in [0.4, 0.5) is 5.82 Å². The molecule has 3 aromatic rings. The third kappa shape index (κ3) is 3.38. The van der Waals surface area contributed by atoms with E-state index in [0.29, 0.717) is 5.92 Å². The lowest BCUT2D eigenvalue weighted by Gasteiger charge is -2.32. The SMILES string of the molecule is COc1ccc(OCC2CCN(c3ncnc4cc[nH]c34)CC2)cc1. The van der Waals surface area contributed by atoms with Gasteiger partial charge in [0.2, 0.25) is 0 Å². The number of anilines is 1. The summed E-state index contributed by atoms with van der Waals surface area (Å²) in [6.07, 6.45) is 5.76. The fourth-order valence-electron chi connectivity index (χ4n) is 3.30. The molecule has 25 heavy (non-hydrogen) atoms. The van der Waals surface area contributed by atoms with E-state index in [-0.39, 0.29) is 0 Å². The Labute approximate surface area is 146 Å². The molecule has 0 amide bonds. The van der Waals surface area contributed by atoms with Gasteiger partial charge in [-0.2, -0.15) is 0 Å². The maximum absolute atomic E-state index is 5.94. The van der Waals surface area contributed by atoms with Gasteiger partial charge in [0.1, 0.15) is 23.3 Å². The van der Waals surface area contributed by atoms with Crippen molar-refractivity contribution in [3.63, 3.8) is 0 Å². The van der Waals surface area contributed by atoms with E-state index in [1.807, 2.05) is 36.5 Å². The summed E-state index contributed by atoms with van der Waals surface area (Å²) >= 11 is 0. The normalized spacial score (nSPS) is 15.5. The van der Waals surface area contributed by atoms with E-state index in [1.54, 1.807) is 13.4 Å². The molecule has 1 saturated heterocycles. The highest BCUT2D eigenvalue weighted by Crippen LogP contribution is 2.27. The van der Waals surface area contributed by atoms with Crippen LogP contribution in [0.15, 0.2) is 42.9 Å². The number of fused-ring (bicyclic) bond motifs is 1. The maximum atomic E-state index is 5.94. The van der Waals surface area contributed by atoms with Gasteiger partial charge in [0, 0.05) is 19.3 Å². The Morgan fingerprint density at radius 1 is 1.08 bits per heavy atom. The lowest BCUT2D eigenvalue weighted by atomic mass is 9.98. The molecule has 1 fully saturated rings. The second-order valence-electron chi connectivity index (χ2n) is 6.35. The summed E-state index contributed by atoms with van der Waals surface area (Å²) in [5.74, 6) is 3.32. The van der Waals surface area contributed by atoms with Gasteiger partial charge >= 0.3 is 0 Å². The van der Waals surface area contributed by atoms with E-state index in [9.17, 15) is 0 Å². The molecule has 6 heteroatoms. The molecule has 0 radical (unpaired) electrons. The van der Waals surface area contributed by atoms with Crippen LogP contribution in [0, 0.1) is 5.92 Å².